The lowest BCUT2D eigenvalue weighted by Gasteiger charge is -2.39. The number of oxazole rings is 1. The summed E-state index contributed by atoms with van der Waals surface area (Å²) < 4.78 is 11.5. The highest BCUT2D eigenvalue weighted by Crippen LogP contribution is 2.32. The minimum Gasteiger partial charge on any atom is -0.484 e. The number of carbonyl (C=O) groups is 3. The Labute approximate surface area is 214 Å². The molecule has 1 fully saturated rings. The van der Waals surface area contributed by atoms with Crippen LogP contribution in [0.3, 0.4) is 0 Å². The summed E-state index contributed by atoms with van der Waals surface area (Å²) in [7, 11) is 0. The van der Waals surface area contributed by atoms with E-state index in [0.29, 0.717) is 22.9 Å². The van der Waals surface area contributed by atoms with Crippen molar-refractivity contribution in [3.8, 4) is 17.2 Å². The number of benzene rings is 3. The molecule has 1 unspecified atom stereocenters. The molecule has 2 heterocycles. The number of hydrogen-bond acceptors (Lipinski definition) is 6. The molecule has 4 aromatic rings. The first-order valence-electron chi connectivity index (χ1n) is 12.1. The predicted octanol–water partition coefficient (Wildman–Crippen LogP) is 4.83. The SMILES string of the molecule is CC(C)(C)N(C(=O)COc1ccccc1)C1CC(=O)N(c2ccc(-c3nc4ccccc4o3)cc2)C1=O. The fourth-order valence-corrected chi connectivity index (χ4v) is 4.58. The van der Waals surface area contributed by atoms with Gasteiger partial charge in [-0.05, 0) is 69.3 Å². The molecule has 0 aliphatic carbocycles. The molecule has 1 aromatic heterocycles. The Bertz CT molecular complexity index is 1420. The van der Waals surface area contributed by atoms with Gasteiger partial charge in [0.1, 0.15) is 17.3 Å². The van der Waals surface area contributed by atoms with E-state index in [4.69, 9.17) is 9.15 Å². The second kappa shape index (κ2) is 9.54. The van der Waals surface area contributed by atoms with Crippen LogP contribution in [0.2, 0.25) is 0 Å². The van der Waals surface area contributed by atoms with Gasteiger partial charge in [0, 0.05) is 11.1 Å². The van der Waals surface area contributed by atoms with Crippen molar-refractivity contribution >= 4 is 34.5 Å². The van der Waals surface area contributed by atoms with Gasteiger partial charge in [0.15, 0.2) is 12.2 Å². The normalized spacial score (nSPS) is 15.9. The van der Waals surface area contributed by atoms with E-state index in [-0.39, 0.29) is 24.8 Å². The monoisotopic (exact) mass is 497 g/mol. The number of carbonyl (C=O) groups excluding carboxylic acids is 3. The molecule has 0 bridgehead atoms. The molecule has 1 aliphatic heterocycles. The van der Waals surface area contributed by atoms with Gasteiger partial charge in [0.05, 0.1) is 12.1 Å². The number of fused-ring (bicyclic) bond motifs is 1. The number of aromatic nitrogens is 1. The molecular weight excluding hydrogens is 470 g/mol. The smallest absolute Gasteiger partial charge is 0.261 e. The summed E-state index contributed by atoms with van der Waals surface area (Å²) in [6.07, 6.45) is -0.0972. The van der Waals surface area contributed by atoms with E-state index >= 15 is 0 Å². The van der Waals surface area contributed by atoms with Crippen LogP contribution in [-0.4, -0.2) is 45.8 Å². The Balaban J connectivity index is 1.35. The van der Waals surface area contributed by atoms with E-state index in [1.54, 1.807) is 36.4 Å². The van der Waals surface area contributed by atoms with Crippen LogP contribution < -0.4 is 9.64 Å². The predicted molar refractivity (Wildman–Crippen MR) is 139 cm³/mol. The van der Waals surface area contributed by atoms with E-state index in [2.05, 4.69) is 4.98 Å². The van der Waals surface area contributed by atoms with Crippen LogP contribution in [0.25, 0.3) is 22.6 Å². The van der Waals surface area contributed by atoms with Crippen LogP contribution >= 0.6 is 0 Å². The van der Waals surface area contributed by atoms with Crippen molar-refractivity contribution in [1.29, 1.82) is 0 Å². The average Bonchev–Trinajstić information content (AvgIpc) is 3.43. The topological polar surface area (TPSA) is 92.9 Å². The number of amides is 3. The van der Waals surface area contributed by atoms with E-state index in [1.807, 2.05) is 63.2 Å². The Hall–Kier alpha value is -4.46. The summed E-state index contributed by atoms with van der Waals surface area (Å²) in [6.45, 7) is 5.27. The number of anilines is 1. The van der Waals surface area contributed by atoms with E-state index in [9.17, 15) is 14.4 Å². The maximum atomic E-state index is 13.5. The Kier molecular flexibility index (Phi) is 6.25. The van der Waals surface area contributed by atoms with E-state index in [1.165, 1.54) is 4.90 Å². The molecule has 0 N–H and O–H groups in total. The van der Waals surface area contributed by atoms with Gasteiger partial charge in [0.25, 0.3) is 11.8 Å². The van der Waals surface area contributed by atoms with Crippen molar-refractivity contribution in [3.63, 3.8) is 0 Å². The van der Waals surface area contributed by atoms with Crippen LogP contribution in [0.4, 0.5) is 5.69 Å². The highest BCUT2D eigenvalue weighted by Gasteiger charge is 2.47. The van der Waals surface area contributed by atoms with Crippen LogP contribution in [0.1, 0.15) is 27.2 Å². The number of nitrogens with zero attached hydrogens (tertiary/aromatic N) is 3. The molecule has 3 aromatic carbocycles. The van der Waals surface area contributed by atoms with Crippen LogP contribution in [0, 0.1) is 0 Å². The first-order valence-corrected chi connectivity index (χ1v) is 12.1. The molecular formula is C29H27N3O5. The van der Waals surface area contributed by atoms with Crippen molar-refractivity contribution in [2.24, 2.45) is 0 Å². The standard InChI is InChI=1S/C29H27N3O5/c1-29(2,3)32(26(34)18-36-21-9-5-4-6-10-21)23-17-25(33)31(28(23)35)20-15-13-19(14-16-20)27-30-22-11-7-8-12-24(22)37-27/h4-16,23H,17-18H2,1-3H3. The fraction of sp³-hybridized carbons (Fsp3) is 0.241. The van der Waals surface area contributed by atoms with Gasteiger partial charge in [-0.15, -0.1) is 0 Å². The molecule has 1 saturated heterocycles. The van der Waals surface area contributed by atoms with Crippen LogP contribution in [0.5, 0.6) is 5.75 Å². The number of rotatable bonds is 6. The van der Waals surface area contributed by atoms with Gasteiger partial charge in [-0.2, -0.15) is 0 Å². The zero-order valence-electron chi connectivity index (χ0n) is 20.9. The summed E-state index contributed by atoms with van der Waals surface area (Å²) in [5, 5.41) is 0. The summed E-state index contributed by atoms with van der Waals surface area (Å²) >= 11 is 0. The van der Waals surface area contributed by atoms with Crippen molar-refractivity contribution in [3.05, 3.63) is 78.9 Å². The highest BCUT2D eigenvalue weighted by atomic mass is 16.5. The Morgan fingerprint density at radius 3 is 2.35 bits per heavy atom. The van der Waals surface area contributed by atoms with Crippen molar-refractivity contribution in [1.82, 2.24) is 9.88 Å². The third-order valence-corrected chi connectivity index (χ3v) is 6.20. The van der Waals surface area contributed by atoms with Gasteiger partial charge < -0.3 is 14.1 Å². The maximum absolute atomic E-state index is 13.5. The molecule has 0 saturated carbocycles. The van der Waals surface area contributed by atoms with Gasteiger partial charge in [-0.3, -0.25) is 14.4 Å². The van der Waals surface area contributed by atoms with Crippen molar-refractivity contribution in [2.75, 3.05) is 11.5 Å². The lowest BCUT2D eigenvalue weighted by Crippen LogP contribution is -2.55. The lowest BCUT2D eigenvalue weighted by atomic mass is 10.0. The summed E-state index contributed by atoms with van der Waals surface area (Å²) in [6, 6.07) is 22.4. The molecule has 5 rings (SSSR count). The van der Waals surface area contributed by atoms with E-state index < -0.39 is 17.5 Å². The fourth-order valence-electron chi connectivity index (χ4n) is 4.58. The third kappa shape index (κ3) is 4.82. The third-order valence-electron chi connectivity index (χ3n) is 6.20. The molecule has 0 radical (unpaired) electrons. The van der Waals surface area contributed by atoms with Crippen LogP contribution in [-0.2, 0) is 14.4 Å². The molecule has 8 heteroatoms. The van der Waals surface area contributed by atoms with Crippen LogP contribution in [0.15, 0.2) is 83.3 Å². The Morgan fingerprint density at radius 1 is 1.00 bits per heavy atom. The number of ether oxygens (including phenoxy) is 1. The molecule has 8 nitrogen and oxygen atoms in total. The maximum Gasteiger partial charge on any atom is 0.261 e. The zero-order chi connectivity index (χ0) is 26.2. The first kappa shape index (κ1) is 24.2. The quantitative estimate of drug-likeness (QED) is 0.354. The lowest BCUT2D eigenvalue weighted by molar-refractivity contribution is -0.145. The summed E-state index contributed by atoms with van der Waals surface area (Å²) in [5.41, 5.74) is 1.87. The van der Waals surface area contributed by atoms with Gasteiger partial charge >= 0.3 is 0 Å². The average molecular weight is 498 g/mol. The molecule has 3 amide bonds. The minimum atomic E-state index is -0.920. The van der Waals surface area contributed by atoms with Crippen molar-refractivity contribution in [2.45, 2.75) is 38.8 Å². The molecule has 188 valence electrons. The van der Waals surface area contributed by atoms with Crippen molar-refractivity contribution < 1.29 is 23.5 Å². The zero-order valence-corrected chi connectivity index (χ0v) is 20.9. The van der Waals surface area contributed by atoms with E-state index in [0.717, 1.165) is 16.0 Å². The number of hydrogen-bond donors (Lipinski definition) is 0. The second-order valence-corrected chi connectivity index (χ2v) is 9.86. The minimum absolute atomic E-state index is 0.0972. The first-order chi connectivity index (χ1) is 17.7. The van der Waals surface area contributed by atoms with Gasteiger partial charge in [-0.25, -0.2) is 9.88 Å². The number of para-hydroxylation sites is 3. The largest absolute Gasteiger partial charge is 0.484 e. The van der Waals surface area contributed by atoms with Gasteiger partial charge in [0.2, 0.25) is 11.8 Å². The summed E-state index contributed by atoms with van der Waals surface area (Å²) in [5.74, 6) is -0.166. The molecule has 1 aliphatic rings. The van der Waals surface area contributed by atoms with Gasteiger partial charge in [-0.1, -0.05) is 30.3 Å². The second-order valence-electron chi connectivity index (χ2n) is 9.86. The Morgan fingerprint density at radius 2 is 1.68 bits per heavy atom. The number of imide groups is 1. The molecule has 37 heavy (non-hydrogen) atoms. The molecule has 1 atom stereocenters. The highest BCUT2D eigenvalue weighted by molar-refractivity contribution is 6.23. The molecule has 0 spiro atoms. The summed E-state index contributed by atoms with van der Waals surface area (Å²) in [4.78, 5) is 46.8.